The summed E-state index contributed by atoms with van der Waals surface area (Å²) in [6.45, 7) is 6.10. The Morgan fingerprint density at radius 2 is 2.16 bits per heavy atom. The monoisotopic (exact) mass is 257 g/mol. The molecule has 0 aliphatic carbocycles. The third kappa shape index (κ3) is 2.14. The van der Waals surface area contributed by atoms with E-state index in [0.29, 0.717) is 0 Å². The van der Waals surface area contributed by atoms with E-state index in [1.807, 2.05) is 4.68 Å². The van der Waals surface area contributed by atoms with Crippen molar-refractivity contribution < 1.29 is 0 Å². The molecule has 0 bridgehead atoms. The fourth-order valence-electron chi connectivity index (χ4n) is 2.52. The molecule has 3 heterocycles. The van der Waals surface area contributed by atoms with Crippen LogP contribution in [0.1, 0.15) is 36.5 Å². The Morgan fingerprint density at radius 1 is 1.26 bits per heavy atom. The summed E-state index contributed by atoms with van der Waals surface area (Å²) in [5, 5.41) is 8.06. The van der Waals surface area contributed by atoms with Crippen LogP contribution in [-0.2, 0) is 25.8 Å². The molecule has 0 atom stereocenters. The van der Waals surface area contributed by atoms with E-state index >= 15 is 0 Å². The van der Waals surface area contributed by atoms with Crippen LogP contribution in [-0.4, -0.2) is 26.3 Å². The fraction of sp³-hybridized carbons (Fsp3) is 0.500. The standard InChI is InChI=1S/C14H19N5/c1-3-10-7-11(4-2)19(18-10)14-12-8-15-6-5-13(12)16-9-17-14/h7,9,15H,3-6,8H2,1-2H3. The molecule has 5 nitrogen and oxygen atoms in total. The average molecular weight is 257 g/mol. The number of fused-ring (bicyclic) bond motifs is 1. The van der Waals surface area contributed by atoms with E-state index < -0.39 is 0 Å². The van der Waals surface area contributed by atoms with Crippen molar-refractivity contribution in [2.24, 2.45) is 0 Å². The second kappa shape index (κ2) is 5.09. The molecule has 0 spiro atoms. The van der Waals surface area contributed by atoms with Crippen molar-refractivity contribution in [2.45, 2.75) is 39.7 Å². The largest absolute Gasteiger partial charge is 0.312 e. The molecule has 1 N–H and O–H groups in total. The molecule has 1 aliphatic rings. The summed E-state index contributed by atoms with van der Waals surface area (Å²) in [6.07, 6.45) is 4.53. The number of rotatable bonds is 3. The van der Waals surface area contributed by atoms with Gasteiger partial charge >= 0.3 is 0 Å². The molecular formula is C14H19N5. The summed E-state index contributed by atoms with van der Waals surface area (Å²) in [4.78, 5) is 8.86. The summed E-state index contributed by atoms with van der Waals surface area (Å²) in [5.74, 6) is 0.939. The highest BCUT2D eigenvalue weighted by atomic mass is 15.3. The van der Waals surface area contributed by atoms with Crippen LogP contribution < -0.4 is 5.32 Å². The minimum Gasteiger partial charge on any atom is -0.312 e. The van der Waals surface area contributed by atoms with Gasteiger partial charge in [-0.05, 0) is 18.9 Å². The highest BCUT2D eigenvalue weighted by Gasteiger charge is 2.18. The molecule has 1 aliphatic heterocycles. The Morgan fingerprint density at radius 3 is 2.95 bits per heavy atom. The van der Waals surface area contributed by atoms with Crippen LogP contribution in [0.5, 0.6) is 0 Å². The van der Waals surface area contributed by atoms with Crippen LogP contribution in [0.25, 0.3) is 5.82 Å². The average Bonchev–Trinajstić information content (AvgIpc) is 2.90. The smallest absolute Gasteiger partial charge is 0.161 e. The summed E-state index contributed by atoms with van der Waals surface area (Å²) >= 11 is 0. The molecule has 3 rings (SSSR count). The van der Waals surface area contributed by atoms with Gasteiger partial charge in [-0.15, -0.1) is 0 Å². The van der Waals surface area contributed by atoms with Crippen LogP contribution in [0.4, 0.5) is 0 Å². The summed E-state index contributed by atoms with van der Waals surface area (Å²) < 4.78 is 1.99. The van der Waals surface area contributed by atoms with E-state index in [4.69, 9.17) is 0 Å². The zero-order valence-electron chi connectivity index (χ0n) is 11.5. The van der Waals surface area contributed by atoms with Crippen LogP contribution in [0.3, 0.4) is 0 Å². The Balaban J connectivity index is 2.13. The van der Waals surface area contributed by atoms with Crippen LogP contribution >= 0.6 is 0 Å². The maximum absolute atomic E-state index is 4.68. The normalized spacial score (nSPS) is 14.4. The van der Waals surface area contributed by atoms with Crippen molar-refractivity contribution in [3.8, 4) is 5.82 Å². The van der Waals surface area contributed by atoms with Gasteiger partial charge in [0.2, 0.25) is 0 Å². The van der Waals surface area contributed by atoms with E-state index in [0.717, 1.165) is 49.6 Å². The van der Waals surface area contributed by atoms with E-state index in [9.17, 15) is 0 Å². The van der Waals surface area contributed by atoms with Gasteiger partial charge in [0.25, 0.3) is 0 Å². The molecule has 0 radical (unpaired) electrons. The Hall–Kier alpha value is -1.75. The molecule has 19 heavy (non-hydrogen) atoms. The number of aryl methyl sites for hydroxylation is 2. The van der Waals surface area contributed by atoms with Gasteiger partial charge in [-0.25, -0.2) is 14.6 Å². The third-order valence-corrected chi connectivity index (χ3v) is 3.61. The first-order valence-corrected chi connectivity index (χ1v) is 6.95. The van der Waals surface area contributed by atoms with E-state index in [-0.39, 0.29) is 0 Å². The zero-order valence-corrected chi connectivity index (χ0v) is 11.5. The van der Waals surface area contributed by atoms with Gasteiger partial charge in [0.1, 0.15) is 6.33 Å². The Labute approximate surface area is 113 Å². The first kappa shape index (κ1) is 12.3. The predicted octanol–water partition coefficient (Wildman–Crippen LogP) is 1.43. The number of aromatic nitrogens is 4. The summed E-state index contributed by atoms with van der Waals surface area (Å²) in [6, 6.07) is 2.17. The molecule has 0 fully saturated rings. The van der Waals surface area contributed by atoms with Crippen LogP contribution in [0.2, 0.25) is 0 Å². The second-order valence-corrected chi connectivity index (χ2v) is 4.80. The van der Waals surface area contributed by atoms with E-state index in [1.165, 1.54) is 11.3 Å². The SMILES string of the molecule is CCc1cc(CC)n(-c2ncnc3c2CNCC3)n1. The maximum atomic E-state index is 4.68. The number of nitrogens with zero attached hydrogens (tertiary/aromatic N) is 4. The van der Waals surface area contributed by atoms with Crippen molar-refractivity contribution in [3.05, 3.63) is 35.0 Å². The predicted molar refractivity (Wildman–Crippen MR) is 73.3 cm³/mol. The molecule has 0 unspecified atom stereocenters. The zero-order chi connectivity index (χ0) is 13.2. The molecule has 0 saturated carbocycles. The summed E-state index contributed by atoms with van der Waals surface area (Å²) in [7, 11) is 0. The molecule has 100 valence electrons. The first-order chi connectivity index (χ1) is 9.33. The fourth-order valence-corrected chi connectivity index (χ4v) is 2.52. The maximum Gasteiger partial charge on any atom is 0.161 e. The van der Waals surface area contributed by atoms with Crippen molar-refractivity contribution in [3.63, 3.8) is 0 Å². The van der Waals surface area contributed by atoms with Crippen molar-refractivity contribution in [2.75, 3.05) is 6.54 Å². The summed E-state index contributed by atoms with van der Waals surface area (Å²) in [5.41, 5.74) is 4.67. The molecule has 2 aromatic heterocycles. The van der Waals surface area contributed by atoms with Crippen LogP contribution in [0.15, 0.2) is 12.4 Å². The Bertz CT molecular complexity index is 588. The first-order valence-electron chi connectivity index (χ1n) is 6.95. The van der Waals surface area contributed by atoms with Gasteiger partial charge in [-0.1, -0.05) is 13.8 Å². The van der Waals surface area contributed by atoms with Gasteiger partial charge < -0.3 is 5.32 Å². The number of hydrogen-bond acceptors (Lipinski definition) is 4. The highest BCUT2D eigenvalue weighted by Crippen LogP contribution is 2.20. The van der Waals surface area contributed by atoms with E-state index in [2.05, 4.69) is 40.3 Å². The van der Waals surface area contributed by atoms with Gasteiger partial charge in [0, 0.05) is 30.8 Å². The molecule has 0 aromatic carbocycles. The highest BCUT2D eigenvalue weighted by molar-refractivity contribution is 5.39. The molecule has 0 saturated heterocycles. The Kier molecular flexibility index (Phi) is 3.29. The van der Waals surface area contributed by atoms with Gasteiger partial charge in [-0.2, -0.15) is 5.10 Å². The van der Waals surface area contributed by atoms with Crippen molar-refractivity contribution in [1.82, 2.24) is 25.1 Å². The minimum absolute atomic E-state index is 0.829. The quantitative estimate of drug-likeness (QED) is 0.904. The molecule has 2 aromatic rings. The lowest BCUT2D eigenvalue weighted by atomic mass is 10.1. The van der Waals surface area contributed by atoms with E-state index in [1.54, 1.807) is 6.33 Å². The number of hydrogen-bond donors (Lipinski definition) is 1. The van der Waals surface area contributed by atoms with Crippen molar-refractivity contribution >= 4 is 0 Å². The lowest BCUT2D eigenvalue weighted by Crippen LogP contribution is -2.27. The van der Waals surface area contributed by atoms with Gasteiger partial charge in [0.05, 0.1) is 11.4 Å². The number of nitrogens with one attached hydrogen (secondary N) is 1. The lowest BCUT2D eigenvalue weighted by molar-refractivity contribution is 0.612. The van der Waals surface area contributed by atoms with Crippen molar-refractivity contribution in [1.29, 1.82) is 0 Å². The molecule has 0 amide bonds. The molecule has 5 heteroatoms. The second-order valence-electron chi connectivity index (χ2n) is 4.80. The third-order valence-electron chi connectivity index (χ3n) is 3.61. The van der Waals surface area contributed by atoms with Gasteiger partial charge in [-0.3, -0.25) is 0 Å². The minimum atomic E-state index is 0.829. The van der Waals surface area contributed by atoms with Crippen LogP contribution in [0, 0.1) is 0 Å². The lowest BCUT2D eigenvalue weighted by Gasteiger charge is -2.19. The van der Waals surface area contributed by atoms with Gasteiger partial charge in [0.15, 0.2) is 5.82 Å². The topological polar surface area (TPSA) is 55.6 Å². The molecular weight excluding hydrogens is 238 g/mol.